The number of carbonyl (C=O) groups excluding carboxylic acids is 2. The van der Waals surface area contributed by atoms with Gasteiger partial charge in [0.1, 0.15) is 12.6 Å². The molecule has 260 valence electrons. The fourth-order valence-electron chi connectivity index (χ4n) is 3.44. The first-order valence-corrected chi connectivity index (χ1v) is 17.5. The van der Waals surface area contributed by atoms with Crippen LogP contribution < -0.4 is 5.73 Å². The number of rotatable bonds is 28. The third-order valence-electron chi connectivity index (χ3n) is 5.98. The molecule has 0 aliphatic rings. The largest absolute Gasteiger partial charge is 0.480 e. The molecule has 11 nitrogen and oxygen atoms in total. The molecule has 0 radical (unpaired) electrons. The maximum Gasteiger partial charge on any atom is 0.472 e. The highest BCUT2D eigenvalue weighted by molar-refractivity contribution is 7.47. The topological polar surface area (TPSA) is 172 Å². The zero-order valence-electron chi connectivity index (χ0n) is 27.4. The minimum absolute atomic E-state index is 0.0316. The van der Waals surface area contributed by atoms with Gasteiger partial charge in [-0.05, 0) is 51.4 Å². The smallest absolute Gasteiger partial charge is 0.472 e. The lowest BCUT2D eigenvalue weighted by molar-refractivity contribution is -0.161. The van der Waals surface area contributed by atoms with Crippen molar-refractivity contribution in [2.24, 2.45) is 5.73 Å². The van der Waals surface area contributed by atoms with Gasteiger partial charge < -0.3 is 25.2 Å². The molecular weight excluding hydrogens is 613 g/mol. The van der Waals surface area contributed by atoms with Gasteiger partial charge in [0.2, 0.25) is 0 Å². The summed E-state index contributed by atoms with van der Waals surface area (Å²) in [5, 5.41) is 8.78. The minimum atomic E-state index is -4.71. The Morgan fingerprint density at radius 2 is 1.20 bits per heavy atom. The third-order valence-corrected chi connectivity index (χ3v) is 6.93. The number of carboxylic acid groups (broad SMARTS) is 1. The number of phosphoric ester groups is 1. The standard InChI is InChI=1S/C34H54NO10P/c1-3-5-7-8-9-10-11-12-13-14-15-16-17-18-19-20-21-22-24-26-33(37)45-30(27-42-32(36)25-23-6-4-2)28-43-46(40,41)44-29-31(35)34(38)39/h5,7,9-10,12-13,15-16,18-19,21-22,30-31H,3-4,6,8,11,14,17,20,23-29,35H2,1-2H3,(H,38,39)(H,40,41)/b7-5-,10-9-,13-12-,16-15-,19-18-,22-21-. The zero-order valence-corrected chi connectivity index (χ0v) is 28.3. The monoisotopic (exact) mass is 667 g/mol. The Bertz CT molecular complexity index is 1060. The van der Waals surface area contributed by atoms with Gasteiger partial charge in [-0.1, -0.05) is 99.6 Å². The molecular formula is C34H54NO10P. The molecule has 0 fully saturated rings. The molecule has 0 rings (SSSR count). The molecule has 0 aromatic heterocycles. The van der Waals surface area contributed by atoms with Gasteiger partial charge in [0.15, 0.2) is 6.10 Å². The van der Waals surface area contributed by atoms with Gasteiger partial charge in [0.25, 0.3) is 0 Å². The molecule has 3 unspecified atom stereocenters. The van der Waals surface area contributed by atoms with Crippen molar-refractivity contribution in [3.05, 3.63) is 72.9 Å². The molecule has 0 saturated heterocycles. The van der Waals surface area contributed by atoms with Crippen LogP contribution in [-0.2, 0) is 37.5 Å². The van der Waals surface area contributed by atoms with Crippen LogP contribution >= 0.6 is 7.82 Å². The summed E-state index contributed by atoms with van der Waals surface area (Å²) in [5.41, 5.74) is 5.26. The van der Waals surface area contributed by atoms with E-state index in [1.165, 1.54) is 0 Å². The van der Waals surface area contributed by atoms with Crippen molar-refractivity contribution >= 4 is 25.7 Å². The van der Waals surface area contributed by atoms with Crippen LogP contribution in [0.4, 0.5) is 0 Å². The van der Waals surface area contributed by atoms with E-state index < -0.39 is 51.1 Å². The van der Waals surface area contributed by atoms with Gasteiger partial charge in [0, 0.05) is 12.8 Å². The Kier molecular flexibility index (Phi) is 27.4. The summed E-state index contributed by atoms with van der Waals surface area (Å²) in [4.78, 5) is 45.0. The summed E-state index contributed by atoms with van der Waals surface area (Å²) in [6, 6.07) is -1.53. The number of hydrogen-bond donors (Lipinski definition) is 3. The summed E-state index contributed by atoms with van der Waals surface area (Å²) < 4.78 is 32.0. The van der Waals surface area contributed by atoms with Gasteiger partial charge in [-0.25, -0.2) is 4.57 Å². The Morgan fingerprint density at radius 1 is 0.696 bits per heavy atom. The summed E-state index contributed by atoms with van der Waals surface area (Å²) in [6.45, 7) is 2.35. The second-order valence-corrected chi connectivity index (χ2v) is 11.7. The first-order chi connectivity index (χ1) is 22.1. The number of ether oxygens (including phenoxy) is 2. The zero-order chi connectivity index (χ0) is 34.3. The lowest BCUT2D eigenvalue weighted by atomic mass is 10.2. The van der Waals surface area contributed by atoms with Gasteiger partial charge >= 0.3 is 25.7 Å². The maximum atomic E-state index is 12.4. The SMILES string of the molecule is CC/C=C\C/C=C\C/C=C\C/C=C\C/C=C\C/C=C\CCC(=O)OC(COC(=O)CCCCC)COP(=O)(O)OCC(N)C(=O)O. The molecule has 0 amide bonds. The number of nitrogens with two attached hydrogens (primary N) is 1. The molecule has 46 heavy (non-hydrogen) atoms. The number of carboxylic acids is 1. The molecule has 12 heteroatoms. The van der Waals surface area contributed by atoms with Crippen LogP contribution in [0.15, 0.2) is 72.9 Å². The van der Waals surface area contributed by atoms with Crippen molar-refractivity contribution in [2.45, 2.75) is 103 Å². The number of esters is 2. The van der Waals surface area contributed by atoms with E-state index in [0.717, 1.165) is 44.9 Å². The van der Waals surface area contributed by atoms with Crippen LogP contribution in [0.3, 0.4) is 0 Å². The molecule has 0 spiro atoms. The summed E-state index contributed by atoms with van der Waals surface area (Å²) in [7, 11) is -4.71. The van der Waals surface area contributed by atoms with Crippen LogP contribution in [0.5, 0.6) is 0 Å². The lowest BCUT2D eigenvalue weighted by Gasteiger charge is -2.20. The highest BCUT2D eigenvalue weighted by Crippen LogP contribution is 2.43. The highest BCUT2D eigenvalue weighted by Gasteiger charge is 2.28. The molecule has 0 saturated carbocycles. The van der Waals surface area contributed by atoms with E-state index in [4.69, 9.17) is 24.8 Å². The van der Waals surface area contributed by atoms with E-state index >= 15 is 0 Å². The van der Waals surface area contributed by atoms with Gasteiger partial charge in [0.05, 0.1) is 13.2 Å². The summed E-state index contributed by atoms with van der Waals surface area (Å²) >= 11 is 0. The van der Waals surface area contributed by atoms with Crippen molar-refractivity contribution in [1.29, 1.82) is 0 Å². The average molecular weight is 668 g/mol. The van der Waals surface area contributed by atoms with Gasteiger partial charge in [-0.3, -0.25) is 23.4 Å². The van der Waals surface area contributed by atoms with E-state index in [1.807, 2.05) is 25.2 Å². The Labute approximate surface area is 274 Å². The number of hydrogen-bond acceptors (Lipinski definition) is 9. The molecule has 0 aliphatic heterocycles. The van der Waals surface area contributed by atoms with Crippen LogP contribution in [0.25, 0.3) is 0 Å². The van der Waals surface area contributed by atoms with Crippen molar-refractivity contribution in [2.75, 3.05) is 19.8 Å². The van der Waals surface area contributed by atoms with Crippen LogP contribution in [0, 0.1) is 0 Å². The van der Waals surface area contributed by atoms with Crippen molar-refractivity contribution in [1.82, 2.24) is 0 Å². The number of phosphoric acid groups is 1. The van der Waals surface area contributed by atoms with E-state index in [2.05, 4.69) is 66.1 Å². The predicted molar refractivity (Wildman–Crippen MR) is 180 cm³/mol. The second-order valence-electron chi connectivity index (χ2n) is 10.2. The molecule has 0 aromatic rings. The third kappa shape index (κ3) is 28.4. The maximum absolute atomic E-state index is 12.4. The molecule has 4 N–H and O–H groups in total. The molecule has 0 heterocycles. The van der Waals surface area contributed by atoms with Crippen molar-refractivity contribution < 1.29 is 47.5 Å². The number of allylic oxidation sites excluding steroid dienone is 12. The normalized spacial score (nSPS) is 15.0. The van der Waals surface area contributed by atoms with Crippen LogP contribution in [-0.4, -0.2) is 59.9 Å². The molecule has 0 aromatic carbocycles. The van der Waals surface area contributed by atoms with E-state index in [-0.39, 0.29) is 19.4 Å². The average Bonchev–Trinajstić information content (AvgIpc) is 3.02. The van der Waals surface area contributed by atoms with Crippen LogP contribution in [0.2, 0.25) is 0 Å². The van der Waals surface area contributed by atoms with E-state index in [9.17, 15) is 23.8 Å². The fourth-order valence-corrected chi connectivity index (χ4v) is 4.22. The predicted octanol–water partition coefficient (Wildman–Crippen LogP) is 7.05. The Balaban J connectivity index is 4.48. The highest BCUT2D eigenvalue weighted by atomic mass is 31.2. The lowest BCUT2D eigenvalue weighted by Crippen LogP contribution is -2.34. The fraction of sp³-hybridized carbons (Fsp3) is 0.559. The summed E-state index contributed by atoms with van der Waals surface area (Å²) in [6.07, 6.45) is 32.4. The first-order valence-electron chi connectivity index (χ1n) is 16.0. The molecule has 3 atom stereocenters. The van der Waals surface area contributed by atoms with Crippen molar-refractivity contribution in [3.63, 3.8) is 0 Å². The quantitative estimate of drug-likeness (QED) is 0.0338. The van der Waals surface area contributed by atoms with Gasteiger partial charge in [-0.15, -0.1) is 0 Å². The Morgan fingerprint density at radius 3 is 1.70 bits per heavy atom. The minimum Gasteiger partial charge on any atom is -0.480 e. The van der Waals surface area contributed by atoms with Gasteiger partial charge in [-0.2, -0.15) is 0 Å². The first kappa shape index (κ1) is 42.9. The van der Waals surface area contributed by atoms with Crippen LogP contribution in [0.1, 0.15) is 90.9 Å². The van der Waals surface area contributed by atoms with E-state index in [0.29, 0.717) is 19.3 Å². The van der Waals surface area contributed by atoms with Crippen molar-refractivity contribution in [3.8, 4) is 0 Å². The molecule has 0 bridgehead atoms. The number of aliphatic carboxylic acids is 1. The number of unbranched alkanes of at least 4 members (excludes halogenated alkanes) is 2. The molecule has 0 aliphatic carbocycles. The summed E-state index contributed by atoms with van der Waals surface area (Å²) in [5.74, 6) is -2.53. The van der Waals surface area contributed by atoms with E-state index in [1.54, 1.807) is 0 Å². The second kappa shape index (κ2) is 29.3. The number of carbonyl (C=O) groups is 3. The Hall–Kier alpha value is -3.08.